The molecular weight excluding hydrogens is 555 g/mol. The molecule has 0 saturated heterocycles. The normalized spacial score (nSPS) is 11.5. The second-order valence-corrected chi connectivity index (χ2v) is 12.2. The van der Waals surface area contributed by atoms with Crippen molar-refractivity contribution in [3.05, 3.63) is 151 Å². The number of para-hydroxylation sites is 2. The van der Waals surface area contributed by atoms with Crippen LogP contribution in [-0.2, 0) is 7.05 Å². The second kappa shape index (κ2) is 10.4. The van der Waals surface area contributed by atoms with E-state index in [1.54, 1.807) is 0 Å². The lowest BCUT2D eigenvalue weighted by Gasteiger charge is -2.09. The number of thiophene rings is 1. The summed E-state index contributed by atoms with van der Waals surface area (Å²) in [7, 11) is 2.21. The Morgan fingerprint density at radius 2 is 1.25 bits per heavy atom. The maximum Gasteiger partial charge on any atom is 0.0705 e. The third kappa shape index (κ3) is 3.99. The van der Waals surface area contributed by atoms with Crippen LogP contribution in [0.25, 0.3) is 63.5 Å². The zero-order valence-corrected chi connectivity index (χ0v) is 25.0. The summed E-state index contributed by atoms with van der Waals surface area (Å²) in [6.45, 7) is 0. The van der Waals surface area contributed by atoms with E-state index >= 15 is 0 Å². The minimum Gasteiger partial charge on any atom is -0.398 e. The molecule has 0 unspecified atom stereocenters. The zero-order chi connectivity index (χ0) is 29.8. The highest BCUT2D eigenvalue weighted by Crippen LogP contribution is 2.48. The van der Waals surface area contributed by atoms with Crippen LogP contribution in [0.3, 0.4) is 0 Å². The van der Waals surface area contributed by atoms with E-state index in [1.165, 1.54) is 63.5 Å². The third-order valence-electron chi connectivity index (χ3n) is 8.66. The molecule has 0 aliphatic rings. The number of nitrogens with one attached hydrogen (secondary N) is 1. The first-order valence-electron chi connectivity index (χ1n) is 14.7. The predicted molar refractivity (Wildman–Crippen MR) is 192 cm³/mol. The monoisotopic (exact) mass is 583 g/mol. The van der Waals surface area contributed by atoms with E-state index in [9.17, 15) is 0 Å². The molecular formula is C40H29N3S. The van der Waals surface area contributed by atoms with Crippen molar-refractivity contribution in [3.8, 4) is 0 Å². The highest BCUT2D eigenvalue weighted by Gasteiger charge is 2.20. The number of nitrogens with zero attached hydrogens (tertiary/aromatic N) is 1. The number of nitrogens with two attached hydrogens (primary N) is 1. The van der Waals surface area contributed by atoms with Crippen LogP contribution in [0.15, 0.2) is 140 Å². The SMILES string of the molecule is Cn1c2ccccc2c2c3ccc4ccccc4c3c3c4ccccc4sc3c21.N=C(c1ccccc1)c1ccccc1N. The fourth-order valence-electron chi connectivity index (χ4n) is 6.63. The molecule has 0 amide bonds. The van der Waals surface area contributed by atoms with E-state index in [2.05, 4.69) is 96.5 Å². The molecule has 210 valence electrons. The van der Waals surface area contributed by atoms with E-state index in [0.717, 1.165) is 11.1 Å². The first-order chi connectivity index (χ1) is 21.6. The van der Waals surface area contributed by atoms with Gasteiger partial charge in [-0.2, -0.15) is 0 Å². The lowest BCUT2D eigenvalue weighted by Crippen LogP contribution is -2.04. The average Bonchev–Trinajstić information content (AvgIpc) is 3.61. The Morgan fingerprint density at radius 1 is 0.591 bits per heavy atom. The summed E-state index contributed by atoms with van der Waals surface area (Å²) >= 11 is 1.92. The molecule has 9 aromatic rings. The van der Waals surface area contributed by atoms with E-state index in [-0.39, 0.29) is 0 Å². The molecule has 0 bridgehead atoms. The standard InChI is InChI=1S/C27H17NS.C13H12N2/c1-28-21-12-6-4-10-18(21)24-20-15-14-16-8-2-3-9-17(16)23(20)25-19-11-5-7-13-22(19)29-27(25)26(24)28;14-12-9-5-4-8-11(12)13(15)10-6-2-1-3-7-10/h2-15H,1H3;1-9,15H,14H2. The fourth-order valence-corrected chi connectivity index (χ4v) is 7.92. The van der Waals surface area contributed by atoms with Gasteiger partial charge in [-0.3, -0.25) is 5.41 Å². The molecule has 44 heavy (non-hydrogen) atoms. The molecule has 0 aliphatic carbocycles. The number of nitrogen functional groups attached to an aromatic ring is 1. The van der Waals surface area contributed by atoms with Crippen molar-refractivity contribution in [3.63, 3.8) is 0 Å². The Balaban J connectivity index is 0.000000163. The molecule has 3 nitrogen and oxygen atoms in total. The van der Waals surface area contributed by atoms with E-state index in [1.807, 2.05) is 65.9 Å². The van der Waals surface area contributed by atoms with Gasteiger partial charge in [-0.25, -0.2) is 0 Å². The van der Waals surface area contributed by atoms with Gasteiger partial charge in [0.05, 0.1) is 15.9 Å². The van der Waals surface area contributed by atoms with Crippen LogP contribution in [0.5, 0.6) is 0 Å². The van der Waals surface area contributed by atoms with Gasteiger partial charge in [0.25, 0.3) is 0 Å². The number of hydrogen-bond donors (Lipinski definition) is 2. The van der Waals surface area contributed by atoms with Gasteiger partial charge in [-0.1, -0.05) is 121 Å². The minimum absolute atomic E-state index is 0.466. The van der Waals surface area contributed by atoms with Gasteiger partial charge < -0.3 is 10.3 Å². The minimum atomic E-state index is 0.466. The van der Waals surface area contributed by atoms with Crippen molar-refractivity contribution in [1.29, 1.82) is 5.41 Å². The van der Waals surface area contributed by atoms with Gasteiger partial charge in [0.2, 0.25) is 0 Å². The summed E-state index contributed by atoms with van der Waals surface area (Å²) in [6, 6.07) is 48.1. The van der Waals surface area contributed by atoms with Gasteiger partial charge in [-0.15, -0.1) is 11.3 Å². The first-order valence-corrected chi connectivity index (χ1v) is 15.5. The van der Waals surface area contributed by atoms with Crippen molar-refractivity contribution in [2.75, 3.05) is 5.73 Å². The number of fused-ring (bicyclic) bond motifs is 12. The molecule has 3 N–H and O–H groups in total. The topological polar surface area (TPSA) is 54.8 Å². The molecule has 0 fully saturated rings. The number of aromatic nitrogens is 1. The third-order valence-corrected chi connectivity index (χ3v) is 9.84. The maximum absolute atomic E-state index is 8.03. The van der Waals surface area contributed by atoms with Gasteiger partial charge in [0.15, 0.2) is 0 Å². The van der Waals surface area contributed by atoms with Crippen molar-refractivity contribution in [2.45, 2.75) is 0 Å². The highest BCUT2D eigenvalue weighted by molar-refractivity contribution is 7.27. The molecule has 0 atom stereocenters. The van der Waals surface area contributed by atoms with Crippen molar-refractivity contribution < 1.29 is 0 Å². The molecule has 2 heterocycles. The van der Waals surface area contributed by atoms with Gasteiger partial charge in [-0.05, 0) is 39.7 Å². The number of aryl methyl sites for hydroxylation is 1. The van der Waals surface area contributed by atoms with Crippen LogP contribution in [0.4, 0.5) is 5.69 Å². The summed E-state index contributed by atoms with van der Waals surface area (Å²) in [5.41, 5.74) is 11.2. The second-order valence-electron chi connectivity index (χ2n) is 11.1. The van der Waals surface area contributed by atoms with Crippen LogP contribution in [-0.4, -0.2) is 10.3 Å². The predicted octanol–water partition coefficient (Wildman–Crippen LogP) is 10.7. The molecule has 9 rings (SSSR count). The molecule has 2 aromatic heterocycles. The maximum atomic E-state index is 8.03. The molecule has 0 spiro atoms. The summed E-state index contributed by atoms with van der Waals surface area (Å²) in [5.74, 6) is 0. The van der Waals surface area contributed by atoms with Crippen molar-refractivity contribution in [1.82, 2.24) is 4.57 Å². The quantitative estimate of drug-likeness (QED) is 0.119. The molecule has 0 radical (unpaired) electrons. The molecule has 7 aromatic carbocycles. The van der Waals surface area contributed by atoms with Gasteiger partial charge in [0.1, 0.15) is 0 Å². The fraction of sp³-hybridized carbons (Fsp3) is 0.0250. The lowest BCUT2D eigenvalue weighted by molar-refractivity contribution is 1.02. The smallest absolute Gasteiger partial charge is 0.0705 e. The van der Waals surface area contributed by atoms with Crippen LogP contribution in [0.1, 0.15) is 11.1 Å². The number of anilines is 1. The lowest BCUT2D eigenvalue weighted by atomic mass is 9.94. The van der Waals surface area contributed by atoms with Gasteiger partial charge in [0, 0.05) is 55.6 Å². The average molecular weight is 584 g/mol. The van der Waals surface area contributed by atoms with E-state index < -0.39 is 0 Å². The van der Waals surface area contributed by atoms with Crippen LogP contribution < -0.4 is 5.73 Å². The van der Waals surface area contributed by atoms with Crippen LogP contribution in [0.2, 0.25) is 0 Å². The highest BCUT2D eigenvalue weighted by atomic mass is 32.1. The van der Waals surface area contributed by atoms with Gasteiger partial charge >= 0.3 is 0 Å². The Labute approximate surface area is 258 Å². The Kier molecular flexibility index (Phi) is 6.17. The Morgan fingerprint density at radius 3 is 2.07 bits per heavy atom. The van der Waals surface area contributed by atoms with E-state index in [0.29, 0.717) is 11.4 Å². The zero-order valence-electron chi connectivity index (χ0n) is 24.2. The first kappa shape index (κ1) is 26.2. The Hall–Kier alpha value is -5.45. The summed E-state index contributed by atoms with van der Waals surface area (Å²) in [5, 5.41) is 18.9. The van der Waals surface area contributed by atoms with Crippen molar-refractivity contribution >= 4 is 86.3 Å². The van der Waals surface area contributed by atoms with Crippen LogP contribution in [0, 0.1) is 5.41 Å². The molecule has 4 heteroatoms. The number of rotatable bonds is 2. The Bertz CT molecular complexity index is 2540. The van der Waals surface area contributed by atoms with Crippen LogP contribution >= 0.6 is 11.3 Å². The number of hydrogen-bond acceptors (Lipinski definition) is 3. The summed E-state index contributed by atoms with van der Waals surface area (Å²) in [4.78, 5) is 0. The number of benzene rings is 7. The summed E-state index contributed by atoms with van der Waals surface area (Å²) in [6.07, 6.45) is 0. The molecule has 0 saturated carbocycles. The van der Waals surface area contributed by atoms with Crippen molar-refractivity contribution in [2.24, 2.45) is 7.05 Å². The molecule has 0 aliphatic heterocycles. The van der Waals surface area contributed by atoms with E-state index in [4.69, 9.17) is 11.1 Å². The largest absolute Gasteiger partial charge is 0.398 e. The summed E-state index contributed by atoms with van der Waals surface area (Å²) < 4.78 is 5.13.